The van der Waals surface area contributed by atoms with Gasteiger partial charge in [0.15, 0.2) is 5.82 Å². The van der Waals surface area contributed by atoms with Crippen molar-refractivity contribution in [2.45, 2.75) is 12.8 Å². The van der Waals surface area contributed by atoms with Crippen molar-refractivity contribution in [2.75, 3.05) is 25.0 Å². The molecule has 1 aliphatic rings. The smallest absolute Gasteiger partial charge is 0.162 e. The lowest BCUT2D eigenvalue weighted by molar-refractivity contribution is 0.389. The molecule has 3 heterocycles. The molecular formula is C21H23N5. The number of nitrogens with one attached hydrogen (secondary N) is 2. The third-order valence-corrected chi connectivity index (χ3v) is 4.76. The maximum absolute atomic E-state index is 4.78. The molecule has 1 saturated heterocycles. The Balaban J connectivity index is 1.64. The Bertz CT molecular complexity index is 772. The van der Waals surface area contributed by atoms with Crippen molar-refractivity contribution in [3.63, 3.8) is 0 Å². The predicted octanol–water partition coefficient (Wildman–Crippen LogP) is 3.62. The highest BCUT2D eigenvalue weighted by molar-refractivity contribution is 5.67. The van der Waals surface area contributed by atoms with Crippen molar-refractivity contribution in [1.29, 1.82) is 0 Å². The summed E-state index contributed by atoms with van der Waals surface area (Å²) in [6, 6.07) is 16.2. The van der Waals surface area contributed by atoms with E-state index in [0.717, 1.165) is 48.1 Å². The number of anilines is 1. The van der Waals surface area contributed by atoms with E-state index in [-0.39, 0.29) is 0 Å². The molecule has 0 radical (unpaired) electrons. The maximum Gasteiger partial charge on any atom is 0.162 e. The van der Waals surface area contributed by atoms with Crippen molar-refractivity contribution in [2.24, 2.45) is 5.92 Å². The highest BCUT2D eigenvalue weighted by Gasteiger charge is 2.14. The van der Waals surface area contributed by atoms with Gasteiger partial charge in [0.2, 0.25) is 0 Å². The second kappa shape index (κ2) is 8.06. The quantitative estimate of drug-likeness (QED) is 0.739. The Morgan fingerprint density at radius 3 is 2.46 bits per heavy atom. The molecule has 3 aromatic rings. The molecule has 1 fully saturated rings. The van der Waals surface area contributed by atoms with Crippen LogP contribution in [0.1, 0.15) is 12.8 Å². The molecule has 1 aliphatic heterocycles. The summed E-state index contributed by atoms with van der Waals surface area (Å²) in [6.45, 7) is 3.16. The van der Waals surface area contributed by atoms with Crippen molar-refractivity contribution in [3.05, 3.63) is 60.9 Å². The van der Waals surface area contributed by atoms with Gasteiger partial charge < -0.3 is 10.6 Å². The minimum absolute atomic E-state index is 0.691. The third kappa shape index (κ3) is 4.06. The molecular weight excluding hydrogens is 322 g/mol. The standard InChI is InChI=1S/C21H23N5/c1-2-4-17(5-3-1)19-14-20(24-15-16-6-10-22-11-7-16)26-21(25-19)18-8-12-23-13-9-18/h1-5,8-9,12-14,16,22H,6-7,10-11,15H2,(H,24,25,26). The molecule has 0 bridgehead atoms. The summed E-state index contributed by atoms with van der Waals surface area (Å²) in [4.78, 5) is 13.6. The van der Waals surface area contributed by atoms with Gasteiger partial charge in [-0.3, -0.25) is 4.98 Å². The van der Waals surface area contributed by atoms with E-state index in [1.165, 1.54) is 12.8 Å². The van der Waals surface area contributed by atoms with Crippen LogP contribution >= 0.6 is 0 Å². The molecule has 0 saturated carbocycles. The predicted molar refractivity (Wildman–Crippen MR) is 105 cm³/mol. The van der Waals surface area contributed by atoms with E-state index in [0.29, 0.717) is 5.92 Å². The van der Waals surface area contributed by atoms with E-state index in [9.17, 15) is 0 Å². The van der Waals surface area contributed by atoms with Crippen LogP contribution in [-0.4, -0.2) is 34.6 Å². The Morgan fingerprint density at radius 1 is 0.923 bits per heavy atom. The van der Waals surface area contributed by atoms with Gasteiger partial charge in [0.25, 0.3) is 0 Å². The van der Waals surface area contributed by atoms with Crippen molar-refractivity contribution in [3.8, 4) is 22.6 Å². The van der Waals surface area contributed by atoms with Crippen LogP contribution in [-0.2, 0) is 0 Å². The zero-order chi connectivity index (χ0) is 17.6. The number of nitrogens with zero attached hydrogens (tertiary/aromatic N) is 3. The first-order chi connectivity index (χ1) is 12.9. The normalized spacial score (nSPS) is 14.9. The van der Waals surface area contributed by atoms with Crippen molar-refractivity contribution < 1.29 is 0 Å². The van der Waals surface area contributed by atoms with E-state index < -0.39 is 0 Å². The topological polar surface area (TPSA) is 62.7 Å². The fourth-order valence-corrected chi connectivity index (χ4v) is 3.26. The van der Waals surface area contributed by atoms with Gasteiger partial charge in [0, 0.05) is 36.1 Å². The van der Waals surface area contributed by atoms with E-state index in [4.69, 9.17) is 9.97 Å². The lowest BCUT2D eigenvalue weighted by Gasteiger charge is -2.23. The molecule has 2 aromatic heterocycles. The fraction of sp³-hybridized carbons (Fsp3) is 0.286. The van der Waals surface area contributed by atoms with E-state index in [2.05, 4.69) is 27.8 Å². The van der Waals surface area contributed by atoms with Crippen LogP contribution in [0.3, 0.4) is 0 Å². The highest BCUT2D eigenvalue weighted by atomic mass is 15.0. The van der Waals surface area contributed by atoms with Crippen LogP contribution in [0.15, 0.2) is 60.9 Å². The number of hydrogen-bond donors (Lipinski definition) is 2. The fourth-order valence-electron chi connectivity index (χ4n) is 3.26. The largest absolute Gasteiger partial charge is 0.370 e. The summed E-state index contributed by atoms with van der Waals surface area (Å²) in [6.07, 6.45) is 5.97. The summed E-state index contributed by atoms with van der Waals surface area (Å²) < 4.78 is 0. The van der Waals surface area contributed by atoms with Crippen molar-refractivity contribution in [1.82, 2.24) is 20.3 Å². The number of aromatic nitrogens is 3. The molecule has 2 N–H and O–H groups in total. The molecule has 0 atom stereocenters. The van der Waals surface area contributed by atoms with Gasteiger partial charge in [-0.2, -0.15) is 0 Å². The third-order valence-electron chi connectivity index (χ3n) is 4.76. The van der Waals surface area contributed by atoms with Crippen LogP contribution in [0.5, 0.6) is 0 Å². The first-order valence-electron chi connectivity index (χ1n) is 9.18. The molecule has 132 valence electrons. The molecule has 0 spiro atoms. The zero-order valence-corrected chi connectivity index (χ0v) is 14.7. The van der Waals surface area contributed by atoms with Gasteiger partial charge in [-0.1, -0.05) is 30.3 Å². The van der Waals surface area contributed by atoms with Crippen LogP contribution in [0.25, 0.3) is 22.6 Å². The lowest BCUT2D eigenvalue weighted by Crippen LogP contribution is -2.31. The molecule has 0 unspecified atom stereocenters. The van der Waals surface area contributed by atoms with Crippen molar-refractivity contribution >= 4 is 5.82 Å². The van der Waals surface area contributed by atoms with E-state index in [1.54, 1.807) is 12.4 Å². The minimum atomic E-state index is 0.691. The molecule has 4 rings (SSSR count). The van der Waals surface area contributed by atoms with Gasteiger partial charge in [-0.25, -0.2) is 9.97 Å². The SMILES string of the molecule is c1ccc(-c2cc(NCC3CCNCC3)nc(-c3ccncc3)n2)cc1. The Kier molecular flexibility index (Phi) is 5.17. The minimum Gasteiger partial charge on any atom is -0.370 e. The number of hydrogen-bond acceptors (Lipinski definition) is 5. The average Bonchev–Trinajstić information content (AvgIpc) is 2.74. The van der Waals surface area contributed by atoms with Gasteiger partial charge in [-0.05, 0) is 44.0 Å². The van der Waals surface area contributed by atoms with Crippen LogP contribution < -0.4 is 10.6 Å². The number of rotatable bonds is 5. The number of benzene rings is 1. The monoisotopic (exact) mass is 345 g/mol. The highest BCUT2D eigenvalue weighted by Crippen LogP contribution is 2.24. The number of piperidine rings is 1. The summed E-state index contributed by atoms with van der Waals surface area (Å²) in [7, 11) is 0. The van der Waals surface area contributed by atoms with E-state index in [1.807, 2.05) is 36.4 Å². The Labute approximate surface area is 153 Å². The Morgan fingerprint density at radius 2 is 1.69 bits per heavy atom. The van der Waals surface area contributed by atoms with Gasteiger partial charge >= 0.3 is 0 Å². The second-order valence-corrected chi connectivity index (χ2v) is 6.64. The molecule has 5 heteroatoms. The molecule has 0 aliphatic carbocycles. The van der Waals surface area contributed by atoms with Gasteiger partial charge in [0.1, 0.15) is 5.82 Å². The summed E-state index contributed by atoms with van der Waals surface area (Å²) in [5, 5.41) is 6.95. The Hall–Kier alpha value is -2.79. The number of pyridine rings is 1. The van der Waals surface area contributed by atoms with Gasteiger partial charge in [0.05, 0.1) is 5.69 Å². The van der Waals surface area contributed by atoms with Crippen LogP contribution in [0.4, 0.5) is 5.82 Å². The van der Waals surface area contributed by atoms with Gasteiger partial charge in [-0.15, -0.1) is 0 Å². The first-order valence-corrected chi connectivity index (χ1v) is 9.18. The molecule has 5 nitrogen and oxygen atoms in total. The lowest BCUT2D eigenvalue weighted by atomic mass is 9.98. The summed E-state index contributed by atoms with van der Waals surface area (Å²) in [5.41, 5.74) is 3.00. The zero-order valence-electron chi connectivity index (χ0n) is 14.7. The summed E-state index contributed by atoms with van der Waals surface area (Å²) in [5.74, 6) is 2.29. The molecule has 26 heavy (non-hydrogen) atoms. The maximum atomic E-state index is 4.78. The second-order valence-electron chi connectivity index (χ2n) is 6.64. The average molecular weight is 345 g/mol. The first kappa shape index (κ1) is 16.7. The van der Waals surface area contributed by atoms with Crippen LogP contribution in [0, 0.1) is 5.92 Å². The summed E-state index contributed by atoms with van der Waals surface area (Å²) >= 11 is 0. The van der Waals surface area contributed by atoms with Crippen LogP contribution in [0.2, 0.25) is 0 Å². The van der Waals surface area contributed by atoms with E-state index >= 15 is 0 Å². The molecule has 0 amide bonds. The molecule has 1 aromatic carbocycles.